The van der Waals surface area contributed by atoms with E-state index < -0.39 is 0 Å². The van der Waals surface area contributed by atoms with Gasteiger partial charge in [0.15, 0.2) is 0 Å². The first-order chi connectivity index (χ1) is 11.4. The van der Waals surface area contributed by atoms with E-state index in [0.717, 1.165) is 5.82 Å². The van der Waals surface area contributed by atoms with Gasteiger partial charge in [0.05, 0.1) is 18.4 Å². The van der Waals surface area contributed by atoms with E-state index in [1.54, 1.807) is 23.9 Å². The zero-order valence-corrected chi connectivity index (χ0v) is 14.6. The highest BCUT2D eigenvalue weighted by Gasteiger charge is 2.15. The van der Waals surface area contributed by atoms with Gasteiger partial charge in [0.2, 0.25) is 0 Å². The molecule has 0 aliphatic carbocycles. The summed E-state index contributed by atoms with van der Waals surface area (Å²) in [6.07, 6.45) is 0.0575. The van der Waals surface area contributed by atoms with E-state index in [1.807, 2.05) is 33.0 Å². The standard InChI is InChI=1S/C17H25N5O2.2H2/c1-11(2)24-12-5-6-14(18)13(9-12)17(19)15-10-16(22(3)21-15)20-7-8-23-4;;/h5-6,9-11,19-20H,7-8,18H2,1-4H3;2*1H. The molecule has 0 unspecified atom stereocenters. The van der Waals surface area contributed by atoms with Gasteiger partial charge in [-0.2, -0.15) is 5.10 Å². The predicted molar refractivity (Wildman–Crippen MR) is 100 cm³/mol. The van der Waals surface area contributed by atoms with Crippen molar-refractivity contribution in [2.75, 3.05) is 31.3 Å². The maximum absolute atomic E-state index is 8.45. The molecule has 0 saturated carbocycles. The van der Waals surface area contributed by atoms with E-state index in [9.17, 15) is 0 Å². The molecule has 1 heterocycles. The second-order valence-electron chi connectivity index (χ2n) is 5.75. The van der Waals surface area contributed by atoms with Crippen LogP contribution in [-0.4, -0.2) is 41.9 Å². The smallest absolute Gasteiger partial charge is 0.124 e. The van der Waals surface area contributed by atoms with Crippen molar-refractivity contribution in [1.82, 2.24) is 9.78 Å². The molecule has 1 aromatic heterocycles. The summed E-state index contributed by atoms with van der Waals surface area (Å²) in [7, 11) is 3.48. The zero-order chi connectivity index (χ0) is 17.7. The highest BCUT2D eigenvalue weighted by molar-refractivity contribution is 6.13. The number of nitrogens with zero attached hydrogens (tertiary/aromatic N) is 2. The topological polar surface area (TPSA) is 98.2 Å². The quantitative estimate of drug-likeness (QED) is 0.391. The van der Waals surface area contributed by atoms with Crippen LogP contribution < -0.4 is 15.8 Å². The van der Waals surface area contributed by atoms with Crippen LogP contribution in [0.1, 0.15) is 28.0 Å². The maximum Gasteiger partial charge on any atom is 0.124 e. The summed E-state index contributed by atoms with van der Waals surface area (Å²) in [5.41, 5.74) is 7.98. The van der Waals surface area contributed by atoms with E-state index in [2.05, 4.69) is 10.4 Å². The Morgan fingerprint density at radius 1 is 1.42 bits per heavy atom. The number of benzene rings is 1. The summed E-state index contributed by atoms with van der Waals surface area (Å²) in [6, 6.07) is 7.17. The fourth-order valence-electron chi connectivity index (χ4n) is 2.27. The third-order valence-electron chi connectivity index (χ3n) is 3.41. The van der Waals surface area contributed by atoms with Gasteiger partial charge in [-0.3, -0.25) is 10.1 Å². The van der Waals surface area contributed by atoms with Crippen molar-refractivity contribution in [3.05, 3.63) is 35.5 Å². The molecule has 7 heteroatoms. The van der Waals surface area contributed by atoms with E-state index in [0.29, 0.717) is 35.8 Å². The van der Waals surface area contributed by atoms with Crippen LogP contribution in [0.5, 0.6) is 5.75 Å². The fourth-order valence-corrected chi connectivity index (χ4v) is 2.27. The molecule has 4 N–H and O–H groups in total. The number of nitrogens with one attached hydrogen (secondary N) is 2. The van der Waals surface area contributed by atoms with Crippen molar-refractivity contribution >= 4 is 17.2 Å². The molecule has 0 amide bonds. The molecule has 0 aliphatic heterocycles. The number of hydrogen-bond donors (Lipinski definition) is 3. The fraction of sp³-hybridized carbons (Fsp3) is 0.412. The van der Waals surface area contributed by atoms with E-state index in [4.69, 9.17) is 20.6 Å². The Morgan fingerprint density at radius 3 is 2.83 bits per heavy atom. The van der Waals surface area contributed by atoms with Crippen LogP contribution in [-0.2, 0) is 11.8 Å². The van der Waals surface area contributed by atoms with Crippen molar-refractivity contribution < 1.29 is 12.3 Å². The van der Waals surface area contributed by atoms with Gasteiger partial charge in [-0.05, 0) is 32.0 Å². The van der Waals surface area contributed by atoms with Gasteiger partial charge in [0, 0.05) is 40.9 Å². The molecule has 0 atom stereocenters. The van der Waals surface area contributed by atoms with Gasteiger partial charge < -0.3 is 20.5 Å². The summed E-state index contributed by atoms with van der Waals surface area (Å²) in [5, 5.41) is 16.1. The highest BCUT2D eigenvalue weighted by atomic mass is 16.5. The number of methoxy groups -OCH3 is 1. The molecule has 0 radical (unpaired) electrons. The lowest BCUT2D eigenvalue weighted by atomic mass is 10.1. The van der Waals surface area contributed by atoms with Crippen molar-refractivity contribution in [3.63, 3.8) is 0 Å². The summed E-state index contributed by atoms with van der Waals surface area (Å²) in [6.45, 7) is 5.18. The average Bonchev–Trinajstić information content (AvgIpc) is 2.89. The number of anilines is 2. The van der Waals surface area contributed by atoms with Crippen LogP contribution in [0.3, 0.4) is 0 Å². The molecule has 2 aromatic rings. The lowest BCUT2D eigenvalue weighted by molar-refractivity contribution is 0.210. The first-order valence-corrected chi connectivity index (χ1v) is 7.84. The molecule has 1 aromatic carbocycles. The number of nitrogens with two attached hydrogens (primary N) is 1. The molecule has 0 aliphatic rings. The molecular formula is C17H29N5O2. The lowest BCUT2D eigenvalue weighted by Crippen LogP contribution is -2.10. The largest absolute Gasteiger partial charge is 0.491 e. The molecule has 0 bridgehead atoms. The Hall–Kier alpha value is -2.54. The van der Waals surface area contributed by atoms with Crippen molar-refractivity contribution in [3.8, 4) is 5.75 Å². The first kappa shape index (κ1) is 17.8. The average molecular weight is 335 g/mol. The normalized spacial score (nSPS) is 10.9. The Kier molecular flexibility index (Phi) is 5.81. The Morgan fingerprint density at radius 2 is 2.17 bits per heavy atom. The summed E-state index contributed by atoms with van der Waals surface area (Å²) >= 11 is 0. The number of aryl methyl sites for hydroxylation is 1. The number of aromatic nitrogens is 2. The molecule has 134 valence electrons. The van der Waals surface area contributed by atoms with Crippen molar-refractivity contribution in [2.24, 2.45) is 7.05 Å². The number of nitrogen functional groups attached to an aromatic ring is 1. The van der Waals surface area contributed by atoms with Crippen LogP contribution in [0, 0.1) is 5.41 Å². The third kappa shape index (κ3) is 4.26. The second kappa shape index (κ2) is 7.83. The third-order valence-corrected chi connectivity index (χ3v) is 3.41. The van der Waals surface area contributed by atoms with Crippen LogP contribution in [0.25, 0.3) is 0 Å². The number of ether oxygens (including phenoxy) is 2. The van der Waals surface area contributed by atoms with Crippen molar-refractivity contribution in [2.45, 2.75) is 20.0 Å². The van der Waals surface area contributed by atoms with Gasteiger partial charge >= 0.3 is 0 Å². The van der Waals surface area contributed by atoms with E-state index in [-0.39, 0.29) is 14.7 Å². The van der Waals surface area contributed by atoms with Crippen LogP contribution in [0.15, 0.2) is 24.3 Å². The van der Waals surface area contributed by atoms with E-state index in [1.165, 1.54) is 0 Å². The van der Waals surface area contributed by atoms with Gasteiger partial charge in [0.1, 0.15) is 17.3 Å². The molecular weight excluding hydrogens is 306 g/mol. The monoisotopic (exact) mass is 335 g/mol. The number of hydrogen-bond acceptors (Lipinski definition) is 6. The van der Waals surface area contributed by atoms with Crippen LogP contribution >= 0.6 is 0 Å². The van der Waals surface area contributed by atoms with Gasteiger partial charge in [-0.25, -0.2) is 0 Å². The summed E-state index contributed by atoms with van der Waals surface area (Å²) in [4.78, 5) is 0. The second-order valence-corrected chi connectivity index (χ2v) is 5.75. The molecule has 2 rings (SSSR count). The summed E-state index contributed by atoms with van der Waals surface area (Å²) in [5.74, 6) is 1.51. The molecule has 0 fully saturated rings. The first-order valence-electron chi connectivity index (χ1n) is 7.84. The minimum absolute atomic E-state index is 0. The number of rotatable bonds is 8. The SMILES string of the molecule is COCCNc1cc(C(=N)c2cc(OC(C)C)ccc2N)nn1C.[HH].[HH]. The van der Waals surface area contributed by atoms with Gasteiger partial charge in [-0.15, -0.1) is 0 Å². The lowest BCUT2D eigenvalue weighted by Gasteiger charge is -2.12. The summed E-state index contributed by atoms with van der Waals surface area (Å²) < 4.78 is 12.4. The Labute approximate surface area is 145 Å². The molecule has 0 spiro atoms. The minimum Gasteiger partial charge on any atom is -0.491 e. The predicted octanol–water partition coefficient (Wildman–Crippen LogP) is 2.76. The van der Waals surface area contributed by atoms with Gasteiger partial charge in [0.25, 0.3) is 0 Å². The Bertz CT molecular complexity index is 719. The molecule has 7 nitrogen and oxygen atoms in total. The highest BCUT2D eigenvalue weighted by Crippen LogP contribution is 2.24. The zero-order valence-electron chi connectivity index (χ0n) is 14.6. The Balaban J connectivity index is 0.00000312. The van der Waals surface area contributed by atoms with E-state index >= 15 is 0 Å². The van der Waals surface area contributed by atoms with Crippen LogP contribution in [0.2, 0.25) is 0 Å². The van der Waals surface area contributed by atoms with Crippen molar-refractivity contribution in [1.29, 1.82) is 5.41 Å². The van der Waals surface area contributed by atoms with Crippen LogP contribution in [0.4, 0.5) is 11.5 Å². The minimum atomic E-state index is 0. The van der Waals surface area contributed by atoms with Gasteiger partial charge in [-0.1, -0.05) is 0 Å². The molecule has 0 saturated heterocycles. The molecule has 24 heavy (non-hydrogen) atoms. The maximum atomic E-state index is 8.45.